The molecule has 2 unspecified atom stereocenters. The van der Waals surface area contributed by atoms with Crippen LogP contribution in [-0.4, -0.2) is 42.8 Å². The molecule has 0 N–H and O–H groups in total. The van der Waals surface area contributed by atoms with Crippen molar-refractivity contribution in [2.45, 2.75) is 6.10 Å². The van der Waals surface area contributed by atoms with Crippen LogP contribution in [-0.2, 0) is 4.84 Å². The van der Waals surface area contributed by atoms with Gasteiger partial charge >= 0.3 is 0 Å². The molecular weight excluding hydrogens is 359 g/mol. The molecule has 2 aromatic rings. The first kappa shape index (κ1) is 16.8. The van der Waals surface area contributed by atoms with Crippen LogP contribution in [0.3, 0.4) is 0 Å². The minimum absolute atomic E-state index is 0.153. The number of likely N-dealkylation sites (tertiary alicyclic amines) is 1. The van der Waals surface area contributed by atoms with Gasteiger partial charge in [0.2, 0.25) is 0 Å². The second-order valence-electron chi connectivity index (χ2n) is 6.23. The van der Waals surface area contributed by atoms with E-state index in [4.69, 9.17) is 21.2 Å². The lowest BCUT2D eigenvalue weighted by Gasteiger charge is -2.18. The minimum atomic E-state index is -0.449. The van der Waals surface area contributed by atoms with Crippen molar-refractivity contribution in [2.24, 2.45) is 11.1 Å². The second-order valence-corrected chi connectivity index (χ2v) is 6.64. The Hall–Kier alpha value is -2.60. The highest BCUT2D eigenvalue weighted by Crippen LogP contribution is 2.34. The number of halogens is 2. The molecule has 0 spiro atoms. The molecule has 4 rings (SSSR count). The predicted molar refractivity (Wildman–Crippen MR) is 95.2 cm³/mol. The smallest absolute Gasteiger partial charge is 0.257 e. The van der Waals surface area contributed by atoms with Crippen molar-refractivity contribution in [3.05, 3.63) is 64.4 Å². The van der Waals surface area contributed by atoms with Crippen LogP contribution in [0, 0.1) is 11.7 Å². The van der Waals surface area contributed by atoms with Crippen molar-refractivity contribution in [3.63, 3.8) is 0 Å². The summed E-state index contributed by atoms with van der Waals surface area (Å²) in [7, 11) is 1.53. The molecule has 2 aliphatic heterocycles. The third kappa shape index (κ3) is 2.70. The van der Waals surface area contributed by atoms with Crippen LogP contribution >= 0.6 is 11.6 Å². The van der Waals surface area contributed by atoms with Gasteiger partial charge in [0.05, 0.1) is 35.7 Å². The number of hydrogen-bond donors (Lipinski definition) is 0. The fourth-order valence-corrected chi connectivity index (χ4v) is 3.73. The summed E-state index contributed by atoms with van der Waals surface area (Å²) in [6.07, 6.45) is -0.306. The monoisotopic (exact) mass is 374 g/mol. The first-order valence-corrected chi connectivity index (χ1v) is 8.58. The summed E-state index contributed by atoms with van der Waals surface area (Å²) in [6, 6.07) is 11.6. The fourth-order valence-electron chi connectivity index (χ4n) is 3.47. The summed E-state index contributed by atoms with van der Waals surface area (Å²) in [6.45, 7) is 0.756. The zero-order chi connectivity index (χ0) is 18.3. The third-order valence-corrected chi connectivity index (χ3v) is 5.06. The first-order valence-electron chi connectivity index (χ1n) is 8.20. The number of nitrogens with zero attached hydrogens (tertiary/aromatic N) is 2. The van der Waals surface area contributed by atoms with Gasteiger partial charge in [-0.2, -0.15) is 0 Å². The van der Waals surface area contributed by atoms with Gasteiger partial charge in [-0.1, -0.05) is 35.0 Å². The Morgan fingerprint density at radius 3 is 2.85 bits per heavy atom. The van der Waals surface area contributed by atoms with Crippen molar-refractivity contribution in [2.75, 3.05) is 20.2 Å². The number of fused-ring (bicyclic) bond motifs is 1. The number of ether oxygens (including phenoxy) is 1. The van der Waals surface area contributed by atoms with Crippen LogP contribution in [0.15, 0.2) is 47.6 Å². The number of oxime groups is 1. The van der Waals surface area contributed by atoms with Gasteiger partial charge in [-0.3, -0.25) is 4.79 Å². The summed E-state index contributed by atoms with van der Waals surface area (Å²) in [5.74, 6) is -0.306. The van der Waals surface area contributed by atoms with Crippen molar-refractivity contribution in [3.8, 4) is 5.75 Å². The molecule has 0 radical (unpaired) electrons. The van der Waals surface area contributed by atoms with Crippen LogP contribution in [0.5, 0.6) is 5.75 Å². The number of carbonyl (C=O) groups excluding carboxylic acids is 1. The standard InChI is InChI=1S/C19H16ClFN2O3/c1-25-15-8-3-2-5-11(15)19(24)23-9-12-16(10-23)26-22-18(12)17-13(20)6-4-7-14(17)21/h2-8,12,16H,9-10H2,1H3. The number of carbonyl (C=O) groups is 1. The summed E-state index contributed by atoms with van der Waals surface area (Å²) in [5.41, 5.74) is 1.18. The van der Waals surface area contributed by atoms with E-state index in [1.54, 1.807) is 35.2 Å². The van der Waals surface area contributed by atoms with E-state index in [0.717, 1.165) is 0 Å². The molecule has 2 atom stereocenters. The van der Waals surface area contributed by atoms with Gasteiger partial charge < -0.3 is 14.5 Å². The number of methoxy groups -OCH3 is 1. The van der Waals surface area contributed by atoms with Crippen LogP contribution in [0.25, 0.3) is 0 Å². The molecule has 2 aromatic carbocycles. The Kier molecular flexibility index (Phi) is 4.28. The SMILES string of the molecule is COc1ccccc1C(=O)N1CC2ON=C(c3c(F)cccc3Cl)C2C1. The maximum absolute atomic E-state index is 14.3. The van der Waals surface area contributed by atoms with E-state index in [2.05, 4.69) is 5.16 Å². The molecule has 1 amide bonds. The van der Waals surface area contributed by atoms with Gasteiger partial charge in [0.25, 0.3) is 5.91 Å². The maximum Gasteiger partial charge on any atom is 0.257 e. The molecule has 2 aliphatic rings. The van der Waals surface area contributed by atoms with E-state index >= 15 is 0 Å². The minimum Gasteiger partial charge on any atom is -0.496 e. The zero-order valence-electron chi connectivity index (χ0n) is 14.0. The molecular formula is C19H16ClFN2O3. The van der Waals surface area contributed by atoms with Gasteiger partial charge in [-0.05, 0) is 24.3 Å². The molecule has 1 saturated heterocycles. The van der Waals surface area contributed by atoms with Crippen molar-refractivity contribution in [1.82, 2.24) is 4.90 Å². The second kappa shape index (κ2) is 6.61. The largest absolute Gasteiger partial charge is 0.496 e. The van der Waals surface area contributed by atoms with Gasteiger partial charge in [0.1, 0.15) is 17.3 Å². The molecule has 5 nitrogen and oxygen atoms in total. The molecule has 7 heteroatoms. The number of amides is 1. The Morgan fingerprint density at radius 2 is 2.08 bits per heavy atom. The third-order valence-electron chi connectivity index (χ3n) is 4.75. The molecule has 0 aromatic heterocycles. The Balaban J connectivity index is 1.59. The number of hydrogen-bond acceptors (Lipinski definition) is 4. The van der Waals surface area contributed by atoms with E-state index in [9.17, 15) is 9.18 Å². The topological polar surface area (TPSA) is 51.1 Å². The van der Waals surface area contributed by atoms with Gasteiger partial charge in [0, 0.05) is 6.54 Å². The maximum atomic E-state index is 14.3. The Morgan fingerprint density at radius 1 is 1.27 bits per heavy atom. The first-order chi connectivity index (χ1) is 12.6. The molecule has 26 heavy (non-hydrogen) atoms. The average Bonchev–Trinajstić information content (AvgIpc) is 3.22. The average molecular weight is 375 g/mol. The lowest BCUT2D eigenvalue weighted by Crippen LogP contribution is -2.31. The summed E-state index contributed by atoms with van der Waals surface area (Å²) in [5, 5.41) is 4.32. The van der Waals surface area contributed by atoms with E-state index < -0.39 is 5.82 Å². The highest BCUT2D eigenvalue weighted by atomic mass is 35.5. The van der Waals surface area contributed by atoms with Gasteiger partial charge in [-0.15, -0.1) is 0 Å². The Labute approximate surface area is 154 Å². The highest BCUT2D eigenvalue weighted by molar-refractivity contribution is 6.34. The molecule has 1 fully saturated rings. The normalized spacial score (nSPS) is 21.2. The lowest BCUT2D eigenvalue weighted by molar-refractivity contribution is 0.0629. The van der Waals surface area contributed by atoms with E-state index in [-0.39, 0.29) is 28.5 Å². The molecule has 0 bridgehead atoms. The number of benzene rings is 2. The summed E-state index contributed by atoms with van der Waals surface area (Å²) in [4.78, 5) is 20.0. The van der Waals surface area contributed by atoms with Crippen LogP contribution in [0.1, 0.15) is 15.9 Å². The quantitative estimate of drug-likeness (QED) is 0.827. The van der Waals surface area contributed by atoms with E-state index in [1.807, 2.05) is 6.07 Å². The highest BCUT2D eigenvalue weighted by Gasteiger charge is 2.45. The predicted octanol–water partition coefficient (Wildman–Crippen LogP) is 3.36. The van der Waals surface area contributed by atoms with Crippen LogP contribution in [0.4, 0.5) is 4.39 Å². The van der Waals surface area contributed by atoms with Gasteiger partial charge in [-0.25, -0.2) is 4.39 Å². The Bertz CT molecular complexity index is 882. The van der Waals surface area contributed by atoms with Crippen molar-refractivity contribution in [1.29, 1.82) is 0 Å². The number of para-hydroxylation sites is 1. The molecule has 2 heterocycles. The summed E-state index contributed by atoms with van der Waals surface area (Å²) >= 11 is 6.16. The zero-order valence-corrected chi connectivity index (χ0v) is 14.7. The van der Waals surface area contributed by atoms with E-state index in [0.29, 0.717) is 30.1 Å². The number of rotatable bonds is 3. The molecule has 0 saturated carbocycles. The van der Waals surface area contributed by atoms with Crippen LogP contribution < -0.4 is 4.74 Å². The fraction of sp³-hybridized carbons (Fsp3) is 0.263. The lowest BCUT2D eigenvalue weighted by atomic mass is 9.94. The van der Waals surface area contributed by atoms with Gasteiger partial charge in [0.15, 0.2) is 6.10 Å². The molecule has 134 valence electrons. The van der Waals surface area contributed by atoms with Crippen molar-refractivity contribution < 1.29 is 18.8 Å². The van der Waals surface area contributed by atoms with Crippen LogP contribution in [0.2, 0.25) is 5.02 Å². The summed E-state index contributed by atoms with van der Waals surface area (Å²) < 4.78 is 19.5. The van der Waals surface area contributed by atoms with Crippen molar-refractivity contribution >= 4 is 23.2 Å². The van der Waals surface area contributed by atoms with E-state index in [1.165, 1.54) is 13.2 Å². The molecule has 0 aliphatic carbocycles.